The highest BCUT2D eigenvalue weighted by Crippen LogP contribution is 2.25. The van der Waals surface area contributed by atoms with Gasteiger partial charge in [-0.05, 0) is 26.2 Å². The average molecular weight is 338 g/mol. The number of hydrogen-bond acceptors (Lipinski definition) is 6. The molecule has 1 aromatic rings. The first kappa shape index (κ1) is 16.5. The molecular formula is C16H26N4O2S. The topological polar surface area (TPSA) is 75.2 Å². The second-order valence-corrected chi connectivity index (χ2v) is 9.03. The molecule has 0 amide bonds. The molecule has 1 saturated carbocycles. The Bertz CT molecular complexity index is 656. The van der Waals surface area contributed by atoms with Crippen LogP contribution in [0.5, 0.6) is 0 Å². The van der Waals surface area contributed by atoms with Crippen LogP contribution in [0.4, 0.5) is 11.6 Å². The minimum atomic E-state index is -2.89. The minimum absolute atomic E-state index is 0.0110. The summed E-state index contributed by atoms with van der Waals surface area (Å²) in [4.78, 5) is 11.0. The summed E-state index contributed by atoms with van der Waals surface area (Å²) in [6.45, 7) is 1.88. The Morgan fingerprint density at radius 1 is 1.17 bits per heavy atom. The van der Waals surface area contributed by atoms with Gasteiger partial charge in [0, 0.05) is 25.2 Å². The van der Waals surface area contributed by atoms with E-state index in [-0.39, 0.29) is 17.5 Å². The van der Waals surface area contributed by atoms with E-state index in [1.807, 2.05) is 24.9 Å². The van der Waals surface area contributed by atoms with Crippen LogP contribution in [0.2, 0.25) is 0 Å². The fraction of sp³-hybridized carbons (Fsp3) is 0.750. The molecule has 1 unspecified atom stereocenters. The summed E-state index contributed by atoms with van der Waals surface area (Å²) in [5.41, 5.74) is 0. The minimum Gasteiger partial charge on any atom is -0.367 e. The van der Waals surface area contributed by atoms with Crippen molar-refractivity contribution in [1.29, 1.82) is 0 Å². The summed E-state index contributed by atoms with van der Waals surface area (Å²) in [5.74, 6) is 2.87. The van der Waals surface area contributed by atoms with Gasteiger partial charge in [-0.1, -0.05) is 19.3 Å². The van der Waals surface area contributed by atoms with E-state index in [1.54, 1.807) is 0 Å². The Labute approximate surface area is 138 Å². The van der Waals surface area contributed by atoms with E-state index in [4.69, 9.17) is 0 Å². The highest BCUT2D eigenvalue weighted by molar-refractivity contribution is 7.91. The third-order valence-electron chi connectivity index (χ3n) is 4.90. The van der Waals surface area contributed by atoms with E-state index in [1.165, 1.54) is 32.1 Å². The van der Waals surface area contributed by atoms with Crippen LogP contribution in [0.3, 0.4) is 0 Å². The molecule has 1 aromatic heterocycles. The van der Waals surface area contributed by atoms with Crippen LogP contribution in [-0.2, 0) is 9.84 Å². The Kier molecular flexibility index (Phi) is 4.75. The van der Waals surface area contributed by atoms with E-state index >= 15 is 0 Å². The summed E-state index contributed by atoms with van der Waals surface area (Å²) in [6, 6.07) is 2.45. The van der Waals surface area contributed by atoms with Gasteiger partial charge in [-0.15, -0.1) is 0 Å². The molecule has 2 aliphatic rings. The van der Waals surface area contributed by atoms with Crippen molar-refractivity contribution in [1.82, 2.24) is 9.97 Å². The number of hydrogen-bond donors (Lipinski definition) is 1. The standard InChI is InChI=1S/C16H26N4O2S/c1-12-17-15(19-13-6-4-3-5-7-13)10-16(18-12)20(2)14-8-9-23(21,22)11-14/h10,13-14H,3-9,11H2,1-2H3,(H,17,18,19). The van der Waals surface area contributed by atoms with Crippen molar-refractivity contribution in [2.45, 2.75) is 57.5 Å². The first-order valence-electron chi connectivity index (χ1n) is 8.48. The number of nitrogens with zero attached hydrogens (tertiary/aromatic N) is 3. The first-order chi connectivity index (χ1) is 10.9. The largest absolute Gasteiger partial charge is 0.367 e. The summed E-state index contributed by atoms with van der Waals surface area (Å²) in [7, 11) is -0.964. The van der Waals surface area contributed by atoms with Crippen LogP contribution in [0.1, 0.15) is 44.3 Å². The van der Waals surface area contributed by atoms with E-state index in [9.17, 15) is 8.42 Å². The van der Waals surface area contributed by atoms with Gasteiger partial charge in [0.1, 0.15) is 17.5 Å². The molecule has 0 bridgehead atoms. The zero-order valence-electron chi connectivity index (χ0n) is 14.0. The fourth-order valence-corrected chi connectivity index (χ4v) is 5.30. The Hall–Kier alpha value is -1.37. The monoisotopic (exact) mass is 338 g/mol. The van der Waals surface area contributed by atoms with Crippen LogP contribution < -0.4 is 10.2 Å². The van der Waals surface area contributed by atoms with E-state index < -0.39 is 9.84 Å². The normalized spacial score (nSPS) is 24.5. The molecule has 0 spiro atoms. The van der Waals surface area contributed by atoms with Gasteiger partial charge in [-0.3, -0.25) is 0 Å². The maximum absolute atomic E-state index is 11.7. The molecule has 1 atom stereocenters. The first-order valence-corrected chi connectivity index (χ1v) is 10.3. The second-order valence-electron chi connectivity index (χ2n) is 6.81. The lowest BCUT2D eigenvalue weighted by Gasteiger charge is -2.27. The third kappa shape index (κ3) is 4.13. The molecule has 1 N–H and O–H groups in total. The molecule has 7 heteroatoms. The number of aromatic nitrogens is 2. The van der Waals surface area contributed by atoms with Crippen LogP contribution >= 0.6 is 0 Å². The Morgan fingerprint density at radius 3 is 2.57 bits per heavy atom. The van der Waals surface area contributed by atoms with Gasteiger partial charge in [0.2, 0.25) is 0 Å². The number of nitrogens with one attached hydrogen (secondary N) is 1. The van der Waals surface area contributed by atoms with Crippen molar-refractivity contribution in [3.63, 3.8) is 0 Å². The quantitative estimate of drug-likeness (QED) is 0.907. The second kappa shape index (κ2) is 6.63. The number of sulfone groups is 1. The molecule has 1 aliphatic heterocycles. The lowest BCUT2D eigenvalue weighted by molar-refractivity contribution is 0.461. The van der Waals surface area contributed by atoms with Crippen LogP contribution in [0, 0.1) is 6.92 Å². The summed E-state index contributed by atoms with van der Waals surface area (Å²) >= 11 is 0. The molecule has 2 heterocycles. The van der Waals surface area contributed by atoms with Gasteiger partial charge >= 0.3 is 0 Å². The Morgan fingerprint density at radius 2 is 1.91 bits per heavy atom. The van der Waals surface area contributed by atoms with E-state index in [2.05, 4.69) is 15.3 Å². The molecule has 2 fully saturated rings. The lowest BCUT2D eigenvalue weighted by atomic mass is 9.95. The molecule has 1 saturated heterocycles. The number of rotatable bonds is 4. The van der Waals surface area contributed by atoms with E-state index in [0.717, 1.165) is 11.6 Å². The molecule has 0 radical (unpaired) electrons. The molecule has 128 valence electrons. The van der Waals surface area contributed by atoms with E-state index in [0.29, 0.717) is 18.3 Å². The molecule has 6 nitrogen and oxygen atoms in total. The summed E-state index contributed by atoms with van der Waals surface area (Å²) < 4.78 is 23.4. The zero-order valence-corrected chi connectivity index (χ0v) is 14.8. The Balaban J connectivity index is 1.74. The SMILES string of the molecule is Cc1nc(NC2CCCCC2)cc(N(C)C2CCS(=O)(=O)C2)n1. The van der Waals surface area contributed by atoms with Gasteiger partial charge in [0.05, 0.1) is 11.5 Å². The van der Waals surface area contributed by atoms with Gasteiger partial charge in [0.25, 0.3) is 0 Å². The van der Waals surface area contributed by atoms with Crippen molar-refractivity contribution in [2.24, 2.45) is 0 Å². The third-order valence-corrected chi connectivity index (χ3v) is 6.65. The maximum Gasteiger partial charge on any atom is 0.152 e. The predicted octanol–water partition coefficient (Wildman–Crippen LogP) is 2.15. The summed E-state index contributed by atoms with van der Waals surface area (Å²) in [6.07, 6.45) is 6.92. The molecular weight excluding hydrogens is 312 g/mol. The zero-order chi connectivity index (χ0) is 16.4. The van der Waals surface area contributed by atoms with Crippen LogP contribution in [0.15, 0.2) is 6.07 Å². The molecule has 23 heavy (non-hydrogen) atoms. The van der Waals surface area contributed by atoms with Gasteiger partial charge in [-0.25, -0.2) is 18.4 Å². The van der Waals surface area contributed by atoms with Gasteiger partial charge in [0.15, 0.2) is 9.84 Å². The van der Waals surface area contributed by atoms with Crippen molar-refractivity contribution >= 4 is 21.5 Å². The average Bonchev–Trinajstić information content (AvgIpc) is 2.87. The number of anilines is 2. The fourth-order valence-electron chi connectivity index (χ4n) is 3.53. The maximum atomic E-state index is 11.7. The van der Waals surface area contributed by atoms with Crippen LogP contribution in [0.25, 0.3) is 0 Å². The lowest BCUT2D eigenvalue weighted by Crippen LogP contribution is -2.33. The van der Waals surface area contributed by atoms with Crippen LogP contribution in [-0.4, -0.2) is 49.0 Å². The number of aryl methyl sites for hydroxylation is 1. The van der Waals surface area contributed by atoms with Gasteiger partial charge in [-0.2, -0.15) is 0 Å². The molecule has 0 aromatic carbocycles. The highest BCUT2D eigenvalue weighted by Gasteiger charge is 2.31. The predicted molar refractivity (Wildman–Crippen MR) is 92.7 cm³/mol. The summed E-state index contributed by atoms with van der Waals surface area (Å²) in [5, 5.41) is 3.53. The van der Waals surface area contributed by atoms with Crippen molar-refractivity contribution in [3.8, 4) is 0 Å². The smallest absolute Gasteiger partial charge is 0.152 e. The highest BCUT2D eigenvalue weighted by atomic mass is 32.2. The molecule has 1 aliphatic carbocycles. The van der Waals surface area contributed by atoms with Crippen molar-refractivity contribution in [2.75, 3.05) is 28.8 Å². The van der Waals surface area contributed by atoms with Crippen molar-refractivity contribution < 1.29 is 8.42 Å². The van der Waals surface area contributed by atoms with Gasteiger partial charge < -0.3 is 10.2 Å². The van der Waals surface area contributed by atoms with Crippen molar-refractivity contribution in [3.05, 3.63) is 11.9 Å². The molecule has 3 rings (SSSR count).